The zero-order valence-electron chi connectivity index (χ0n) is 18.0. The van der Waals surface area contributed by atoms with Gasteiger partial charge in [-0.15, -0.1) is 0 Å². The van der Waals surface area contributed by atoms with Gasteiger partial charge in [-0.05, 0) is 57.9 Å². The van der Waals surface area contributed by atoms with Gasteiger partial charge in [0.05, 0.1) is 15.1 Å². The Labute approximate surface area is 220 Å². The summed E-state index contributed by atoms with van der Waals surface area (Å²) in [7, 11) is 0. The van der Waals surface area contributed by atoms with Gasteiger partial charge in [-0.2, -0.15) is 0 Å². The van der Waals surface area contributed by atoms with E-state index in [4.69, 9.17) is 4.74 Å². The van der Waals surface area contributed by atoms with Crippen LogP contribution in [0.15, 0.2) is 75.2 Å². The van der Waals surface area contributed by atoms with Gasteiger partial charge in [0.15, 0.2) is 0 Å². The van der Waals surface area contributed by atoms with Gasteiger partial charge in [-0.3, -0.25) is 25.0 Å². The first kappa shape index (κ1) is 25.2. The Morgan fingerprint density at radius 1 is 1.06 bits per heavy atom. The minimum absolute atomic E-state index is 0.0646. The number of ether oxygens (including phenoxy) is 1. The summed E-state index contributed by atoms with van der Waals surface area (Å²) in [5.74, 6) is -2.01. The first-order valence-electron chi connectivity index (χ1n) is 10.2. The third-order valence-corrected chi connectivity index (χ3v) is 6.08. The number of nitrogens with one attached hydrogen (secondary N) is 1. The number of nitro benzene ring substituents is 1. The Balaban J connectivity index is 1.72. The normalized spacial score (nSPS) is 14.7. The second-order valence-electron chi connectivity index (χ2n) is 7.46. The summed E-state index contributed by atoms with van der Waals surface area (Å²) in [4.78, 5) is 49.4. The topological polar surface area (TPSA) is 119 Å². The molecule has 1 fully saturated rings. The van der Waals surface area contributed by atoms with Crippen LogP contribution in [-0.4, -0.2) is 22.8 Å². The lowest BCUT2D eigenvalue weighted by atomic mass is 10.1. The van der Waals surface area contributed by atoms with Crippen LogP contribution >= 0.6 is 31.9 Å². The minimum Gasteiger partial charge on any atom is -0.487 e. The number of carbonyl (C=O) groups is 3. The Kier molecular flexibility index (Phi) is 7.27. The van der Waals surface area contributed by atoms with E-state index in [0.717, 1.165) is 6.07 Å². The SMILES string of the molecule is O=C1NC(=O)N(c2cccc([N+](=O)[O-])c2)C(=O)/C1=C/c1cc(Br)cc(Br)c1OCc1ccc(F)cc1. The van der Waals surface area contributed by atoms with Crippen molar-refractivity contribution in [1.82, 2.24) is 5.32 Å². The Bertz CT molecular complexity index is 1440. The summed E-state index contributed by atoms with van der Waals surface area (Å²) >= 11 is 6.76. The van der Waals surface area contributed by atoms with Crippen molar-refractivity contribution in [2.75, 3.05) is 4.90 Å². The lowest BCUT2D eigenvalue weighted by Gasteiger charge is -2.26. The first-order chi connectivity index (χ1) is 17.1. The van der Waals surface area contributed by atoms with E-state index in [9.17, 15) is 28.9 Å². The molecule has 0 aliphatic carbocycles. The summed E-state index contributed by atoms with van der Waals surface area (Å²) in [6, 6.07) is 12.9. The second kappa shape index (κ2) is 10.4. The van der Waals surface area contributed by atoms with Crippen LogP contribution in [0.1, 0.15) is 11.1 Å². The number of barbiturate groups is 1. The van der Waals surface area contributed by atoms with Gasteiger partial charge >= 0.3 is 6.03 Å². The van der Waals surface area contributed by atoms with Gasteiger partial charge in [-0.25, -0.2) is 14.1 Å². The number of hydrogen-bond acceptors (Lipinski definition) is 6. The number of anilines is 1. The molecule has 1 N–H and O–H groups in total. The van der Waals surface area contributed by atoms with E-state index in [0.29, 0.717) is 25.0 Å². The quantitative estimate of drug-likeness (QED) is 0.169. The fraction of sp³-hybridized carbons (Fsp3) is 0.0417. The average molecular weight is 619 g/mol. The molecule has 3 aromatic carbocycles. The van der Waals surface area contributed by atoms with Crippen LogP contribution in [0.4, 0.5) is 20.6 Å². The standard InChI is InChI=1S/C24H14Br2FN3O6/c25-15-8-14(21(20(26)10-15)36-12-13-4-6-16(27)7-5-13)9-19-22(31)28-24(33)29(23(19)32)17-2-1-3-18(11-17)30(34)35/h1-11H,12H2,(H,28,31,33)/b19-9+. The van der Waals surface area contributed by atoms with E-state index in [1.54, 1.807) is 24.3 Å². The van der Waals surface area contributed by atoms with Crippen LogP contribution in [0.5, 0.6) is 5.75 Å². The number of carbonyl (C=O) groups excluding carboxylic acids is 3. The highest BCUT2D eigenvalue weighted by molar-refractivity contribution is 9.11. The van der Waals surface area contributed by atoms with Crippen molar-refractivity contribution in [3.05, 3.63) is 102 Å². The number of non-ortho nitro benzene ring substituents is 1. The summed E-state index contributed by atoms with van der Waals surface area (Å²) < 4.78 is 20.2. The van der Waals surface area contributed by atoms with Gasteiger partial charge < -0.3 is 4.74 Å². The number of amides is 4. The molecule has 1 heterocycles. The third-order valence-electron chi connectivity index (χ3n) is 5.03. The van der Waals surface area contributed by atoms with Gasteiger partial charge in [0.1, 0.15) is 23.7 Å². The summed E-state index contributed by atoms with van der Waals surface area (Å²) in [5.41, 5.74) is 0.206. The molecule has 9 nitrogen and oxygen atoms in total. The molecular formula is C24H14Br2FN3O6. The van der Waals surface area contributed by atoms with Crippen molar-refractivity contribution < 1.29 is 28.4 Å². The van der Waals surface area contributed by atoms with Gasteiger partial charge in [0.2, 0.25) is 0 Å². The largest absolute Gasteiger partial charge is 0.487 e. The zero-order valence-corrected chi connectivity index (χ0v) is 21.2. The maximum Gasteiger partial charge on any atom is 0.335 e. The number of rotatable bonds is 6. The lowest BCUT2D eigenvalue weighted by Crippen LogP contribution is -2.54. The summed E-state index contributed by atoms with van der Waals surface area (Å²) in [6.07, 6.45) is 1.25. The minimum atomic E-state index is -1.04. The zero-order chi connectivity index (χ0) is 26.0. The molecular weight excluding hydrogens is 605 g/mol. The number of nitrogens with zero attached hydrogens (tertiary/aromatic N) is 2. The molecule has 3 aromatic rings. The van der Waals surface area contributed by atoms with Crippen LogP contribution in [0, 0.1) is 15.9 Å². The van der Waals surface area contributed by atoms with Crippen LogP contribution in [0.2, 0.25) is 0 Å². The Morgan fingerprint density at radius 2 is 1.78 bits per heavy atom. The number of imide groups is 2. The van der Waals surface area contributed by atoms with Crippen LogP contribution in [-0.2, 0) is 16.2 Å². The highest BCUT2D eigenvalue weighted by Gasteiger charge is 2.37. The predicted molar refractivity (Wildman–Crippen MR) is 135 cm³/mol. The van der Waals surface area contributed by atoms with Crippen LogP contribution in [0.3, 0.4) is 0 Å². The summed E-state index contributed by atoms with van der Waals surface area (Å²) in [6.45, 7) is 0.0646. The van der Waals surface area contributed by atoms with E-state index in [1.165, 1.54) is 36.4 Å². The van der Waals surface area contributed by atoms with E-state index in [2.05, 4.69) is 37.2 Å². The van der Waals surface area contributed by atoms with Crippen molar-refractivity contribution in [2.24, 2.45) is 0 Å². The average Bonchev–Trinajstić information content (AvgIpc) is 2.82. The number of nitro groups is 1. The fourth-order valence-electron chi connectivity index (χ4n) is 3.37. The molecule has 0 saturated carbocycles. The number of urea groups is 1. The van der Waals surface area contributed by atoms with Crippen molar-refractivity contribution in [1.29, 1.82) is 0 Å². The molecule has 0 unspecified atom stereocenters. The first-order valence-corrected chi connectivity index (χ1v) is 11.7. The highest BCUT2D eigenvalue weighted by atomic mass is 79.9. The van der Waals surface area contributed by atoms with Gasteiger partial charge in [0, 0.05) is 22.2 Å². The molecule has 0 aromatic heterocycles. The number of halogens is 3. The van der Waals surface area contributed by atoms with Crippen LogP contribution in [0.25, 0.3) is 6.08 Å². The number of benzene rings is 3. The maximum absolute atomic E-state index is 13.2. The molecule has 182 valence electrons. The maximum atomic E-state index is 13.2. The van der Waals surface area contributed by atoms with E-state index in [-0.39, 0.29) is 23.7 Å². The van der Waals surface area contributed by atoms with Crippen molar-refractivity contribution in [2.45, 2.75) is 6.61 Å². The summed E-state index contributed by atoms with van der Waals surface area (Å²) in [5, 5.41) is 13.2. The molecule has 1 saturated heterocycles. The van der Waals surface area contributed by atoms with Crippen LogP contribution < -0.4 is 15.0 Å². The molecule has 1 aliphatic rings. The molecule has 0 atom stereocenters. The van der Waals surface area contributed by atoms with Crippen molar-refractivity contribution in [3.8, 4) is 5.75 Å². The number of hydrogen-bond donors (Lipinski definition) is 1. The van der Waals surface area contributed by atoms with Crippen molar-refractivity contribution in [3.63, 3.8) is 0 Å². The molecule has 0 bridgehead atoms. The Hall–Kier alpha value is -3.90. The molecule has 0 radical (unpaired) electrons. The fourth-order valence-corrected chi connectivity index (χ4v) is 4.74. The third kappa shape index (κ3) is 5.34. The monoisotopic (exact) mass is 617 g/mol. The highest BCUT2D eigenvalue weighted by Crippen LogP contribution is 2.36. The Morgan fingerprint density at radius 3 is 2.47 bits per heavy atom. The molecule has 36 heavy (non-hydrogen) atoms. The molecule has 4 amide bonds. The lowest BCUT2D eigenvalue weighted by molar-refractivity contribution is -0.384. The smallest absolute Gasteiger partial charge is 0.335 e. The van der Waals surface area contributed by atoms with E-state index >= 15 is 0 Å². The molecule has 4 rings (SSSR count). The predicted octanol–water partition coefficient (Wildman–Crippen LogP) is 5.50. The molecule has 1 aliphatic heterocycles. The second-order valence-corrected chi connectivity index (χ2v) is 9.23. The van der Waals surface area contributed by atoms with Crippen molar-refractivity contribution >= 4 is 67.2 Å². The van der Waals surface area contributed by atoms with E-state index in [1.807, 2.05) is 0 Å². The van der Waals surface area contributed by atoms with E-state index < -0.39 is 34.2 Å². The molecule has 12 heteroatoms. The van der Waals surface area contributed by atoms with Gasteiger partial charge in [-0.1, -0.05) is 34.1 Å². The molecule has 0 spiro atoms. The van der Waals surface area contributed by atoms with Gasteiger partial charge in [0.25, 0.3) is 17.5 Å².